The third-order valence-electron chi connectivity index (χ3n) is 4.16. The third-order valence-corrected chi connectivity index (χ3v) is 5.15. The number of hydrogen-bond donors (Lipinski definition) is 0. The lowest BCUT2D eigenvalue weighted by atomic mass is 10.1. The number of nitrogens with zero attached hydrogens (tertiary/aromatic N) is 5. The minimum Gasteiger partial charge on any atom is -0.456 e. The number of imidazole rings is 1. The SMILES string of the molecule is CC(=O)O[C@@H]1[C@H](OC(C)=O)[C@@H](CN=[N+]=[N-])O[C@H]1n1c(Cl)nc2cc(Cl)c(Cl)cc21. The molecule has 10 nitrogen and oxygen atoms in total. The predicted octanol–water partition coefficient (Wildman–Crippen LogP) is 4.07. The second kappa shape index (κ2) is 8.64. The molecule has 1 aliphatic rings. The van der Waals surface area contributed by atoms with Crippen molar-refractivity contribution < 1.29 is 23.8 Å². The van der Waals surface area contributed by atoms with Crippen LogP contribution in [0.15, 0.2) is 17.2 Å². The van der Waals surface area contributed by atoms with Crippen molar-refractivity contribution in [2.24, 2.45) is 5.11 Å². The molecule has 0 spiro atoms. The largest absolute Gasteiger partial charge is 0.456 e. The van der Waals surface area contributed by atoms with Crippen LogP contribution in [-0.4, -0.2) is 46.3 Å². The maximum absolute atomic E-state index is 11.7. The molecule has 0 amide bonds. The molecule has 1 fully saturated rings. The summed E-state index contributed by atoms with van der Waals surface area (Å²) in [4.78, 5) is 30.2. The Kier molecular flexibility index (Phi) is 6.40. The van der Waals surface area contributed by atoms with E-state index in [1.165, 1.54) is 30.5 Å². The van der Waals surface area contributed by atoms with Gasteiger partial charge in [0.15, 0.2) is 18.4 Å². The van der Waals surface area contributed by atoms with Gasteiger partial charge in [-0.1, -0.05) is 28.3 Å². The lowest BCUT2D eigenvalue weighted by molar-refractivity contribution is -0.165. The standard InChI is InChI=1S/C16H14Cl3N5O5/c1-6(25)27-13-12(5-21-23-20)29-15(14(13)28-7(2)26)24-11-4-9(18)8(17)3-10(11)22-16(24)19/h3-4,12-15H,5H2,1-2H3/t12-,13-,14-,15-/m1/s1. The van der Waals surface area contributed by atoms with Crippen molar-refractivity contribution in [2.45, 2.75) is 38.4 Å². The van der Waals surface area contributed by atoms with Gasteiger partial charge >= 0.3 is 11.9 Å². The Morgan fingerprint density at radius 3 is 2.45 bits per heavy atom. The number of carbonyl (C=O) groups excluding carboxylic acids is 2. The number of aromatic nitrogens is 2. The Labute approximate surface area is 179 Å². The van der Waals surface area contributed by atoms with E-state index in [1.807, 2.05) is 0 Å². The number of fused-ring (bicyclic) bond motifs is 1. The molecule has 0 bridgehead atoms. The number of esters is 2. The monoisotopic (exact) mass is 461 g/mol. The van der Waals surface area contributed by atoms with E-state index in [1.54, 1.807) is 0 Å². The fourth-order valence-corrected chi connectivity index (χ4v) is 3.73. The molecule has 1 aromatic heterocycles. The number of azide groups is 1. The van der Waals surface area contributed by atoms with Gasteiger partial charge in [-0.3, -0.25) is 14.2 Å². The number of rotatable bonds is 5. The first-order valence-corrected chi connectivity index (χ1v) is 9.39. The van der Waals surface area contributed by atoms with E-state index in [0.717, 1.165) is 0 Å². The van der Waals surface area contributed by atoms with Crippen LogP contribution in [0.2, 0.25) is 15.3 Å². The summed E-state index contributed by atoms with van der Waals surface area (Å²) in [7, 11) is 0. The normalized spacial score (nSPS) is 23.6. The summed E-state index contributed by atoms with van der Waals surface area (Å²) < 4.78 is 18.1. The minimum atomic E-state index is -1.08. The van der Waals surface area contributed by atoms with Crippen LogP contribution in [-0.2, 0) is 23.8 Å². The van der Waals surface area contributed by atoms with E-state index in [4.69, 9.17) is 54.5 Å². The molecule has 13 heteroatoms. The Hall–Kier alpha value is -2.23. The maximum atomic E-state index is 11.7. The highest BCUT2D eigenvalue weighted by Crippen LogP contribution is 2.39. The van der Waals surface area contributed by atoms with Gasteiger partial charge in [0, 0.05) is 18.8 Å². The predicted molar refractivity (Wildman–Crippen MR) is 104 cm³/mol. The second-order valence-electron chi connectivity index (χ2n) is 6.13. The van der Waals surface area contributed by atoms with Crippen LogP contribution < -0.4 is 0 Å². The van der Waals surface area contributed by atoms with Gasteiger partial charge in [-0.05, 0) is 29.3 Å². The van der Waals surface area contributed by atoms with Crippen molar-refractivity contribution in [1.29, 1.82) is 0 Å². The highest BCUT2D eigenvalue weighted by Gasteiger charge is 2.50. The van der Waals surface area contributed by atoms with Crippen LogP contribution in [0, 0.1) is 0 Å². The number of halogens is 3. The van der Waals surface area contributed by atoms with Crippen LogP contribution in [0.1, 0.15) is 20.1 Å². The van der Waals surface area contributed by atoms with Crippen molar-refractivity contribution in [3.05, 3.63) is 37.9 Å². The first-order valence-electron chi connectivity index (χ1n) is 8.26. The lowest BCUT2D eigenvalue weighted by Gasteiger charge is -2.24. The summed E-state index contributed by atoms with van der Waals surface area (Å²) >= 11 is 18.5. The molecule has 154 valence electrons. The second-order valence-corrected chi connectivity index (χ2v) is 7.28. The zero-order valence-corrected chi connectivity index (χ0v) is 17.4. The van der Waals surface area contributed by atoms with Gasteiger partial charge in [0.05, 0.1) is 27.6 Å². The lowest BCUT2D eigenvalue weighted by Crippen LogP contribution is -2.39. The summed E-state index contributed by atoms with van der Waals surface area (Å²) in [5.74, 6) is -1.26. The summed E-state index contributed by atoms with van der Waals surface area (Å²) in [5, 5.41) is 4.02. The van der Waals surface area contributed by atoms with Gasteiger partial charge in [-0.2, -0.15) is 0 Å². The van der Waals surface area contributed by atoms with Crippen LogP contribution in [0.25, 0.3) is 21.5 Å². The van der Waals surface area contributed by atoms with Crippen molar-refractivity contribution in [1.82, 2.24) is 9.55 Å². The molecule has 0 aliphatic carbocycles. The van der Waals surface area contributed by atoms with Crippen molar-refractivity contribution in [3.63, 3.8) is 0 Å². The van der Waals surface area contributed by atoms with Crippen molar-refractivity contribution in [2.75, 3.05) is 6.54 Å². The summed E-state index contributed by atoms with van der Waals surface area (Å²) in [5.41, 5.74) is 9.53. The molecule has 1 aromatic carbocycles. The fraction of sp³-hybridized carbons (Fsp3) is 0.438. The number of carbonyl (C=O) groups is 2. The molecule has 2 aromatic rings. The third kappa shape index (κ3) is 4.36. The van der Waals surface area contributed by atoms with E-state index >= 15 is 0 Å². The molecule has 4 atom stereocenters. The fourth-order valence-electron chi connectivity index (χ4n) is 3.13. The Morgan fingerprint density at radius 2 is 1.83 bits per heavy atom. The Balaban J connectivity index is 2.12. The first kappa shape index (κ1) is 21.5. The molecular formula is C16H14Cl3N5O5. The quantitative estimate of drug-likeness (QED) is 0.285. The van der Waals surface area contributed by atoms with E-state index in [-0.39, 0.29) is 21.9 Å². The van der Waals surface area contributed by atoms with Gasteiger partial charge < -0.3 is 14.2 Å². The molecule has 0 radical (unpaired) electrons. The average molecular weight is 463 g/mol. The molecule has 0 N–H and O–H groups in total. The van der Waals surface area contributed by atoms with Crippen molar-refractivity contribution in [3.8, 4) is 0 Å². The van der Waals surface area contributed by atoms with E-state index in [9.17, 15) is 9.59 Å². The van der Waals surface area contributed by atoms with Crippen LogP contribution in [0.5, 0.6) is 0 Å². The van der Waals surface area contributed by atoms with E-state index < -0.39 is 36.5 Å². The van der Waals surface area contributed by atoms with Crippen LogP contribution in [0.4, 0.5) is 0 Å². The summed E-state index contributed by atoms with van der Waals surface area (Å²) in [6.45, 7) is 2.23. The van der Waals surface area contributed by atoms with Gasteiger partial charge in [-0.25, -0.2) is 4.98 Å². The van der Waals surface area contributed by atoms with Gasteiger partial charge in [0.1, 0.15) is 6.10 Å². The maximum Gasteiger partial charge on any atom is 0.303 e. The van der Waals surface area contributed by atoms with E-state index in [2.05, 4.69) is 15.0 Å². The number of hydrogen-bond acceptors (Lipinski definition) is 7. The Bertz CT molecular complexity index is 1020. The van der Waals surface area contributed by atoms with Crippen molar-refractivity contribution >= 4 is 57.8 Å². The molecule has 29 heavy (non-hydrogen) atoms. The molecule has 2 heterocycles. The molecule has 0 unspecified atom stereocenters. The average Bonchev–Trinajstić information content (AvgIpc) is 3.10. The number of benzene rings is 1. The minimum absolute atomic E-state index is 0.00601. The first-order chi connectivity index (χ1) is 13.7. The van der Waals surface area contributed by atoms with Crippen LogP contribution >= 0.6 is 34.8 Å². The zero-order valence-electron chi connectivity index (χ0n) is 15.1. The highest BCUT2D eigenvalue weighted by atomic mass is 35.5. The molecule has 1 saturated heterocycles. The van der Waals surface area contributed by atoms with Crippen LogP contribution in [0.3, 0.4) is 0 Å². The van der Waals surface area contributed by atoms with E-state index in [0.29, 0.717) is 11.0 Å². The molecule has 1 aliphatic heterocycles. The summed E-state index contributed by atoms with van der Waals surface area (Å²) in [6.07, 6.45) is -4.04. The Morgan fingerprint density at radius 1 is 1.21 bits per heavy atom. The highest BCUT2D eigenvalue weighted by molar-refractivity contribution is 6.42. The summed E-state index contributed by atoms with van der Waals surface area (Å²) in [6, 6.07) is 3.06. The number of ether oxygens (including phenoxy) is 3. The van der Waals surface area contributed by atoms with Gasteiger partial charge in [0.2, 0.25) is 5.28 Å². The molecule has 3 rings (SSSR count). The topological polar surface area (TPSA) is 128 Å². The van der Waals surface area contributed by atoms with Gasteiger partial charge in [-0.15, -0.1) is 0 Å². The van der Waals surface area contributed by atoms with Gasteiger partial charge in [0.25, 0.3) is 0 Å². The zero-order chi connectivity index (χ0) is 21.3. The molecular weight excluding hydrogens is 449 g/mol. The smallest absolute Gasteiger partial charge is 0.303 e. The molecule has 0 saturated carbocycles.